The number of aromatic carboxylic acids is 1. The Morgan fingerprint density at radius 2 is 2.06 bits per heavy atom. The van der Waals surface area contributed by atoms with Gasteiger partial charge in [0.05, 0.1) is 5.56 Å². The third-order valence-electron chi connectivity index (χ3n) is 3.25. The monoisotopic (exact) mass is 233 g/mol. The second kappa shape index (κ2) is 4.20. The van der Waals surface area contributed by atoms with Crippen LogP contribution in [0.15, 0.2) is 18.2 Å². The highest BCUT2D eigenvalue weighted by atomic mass is 16.4. The lowest BCUT2D eigenvalue weighted by molar-refractivity contribution is -0.131. The van der Waals surface area contributed by atoms with Gasteiger partial charge in [0.1, 0.15) is 0 Å². The molecule has 1 amide bonds. The number of rotatable bonds is 1. The van der Waals surface area contributed by atoms with Crippen LogP contribution in [0, 0.1) is 0 Å². The largest absolute Gasteiger partial charge is 0.478 e. The highest BCUT2D eigenvalue weighted by Gasteiger charge is 2.25. The molecule has 1 heterocycles. The van der Waals surface area contributed by atoms with E-state index in [1.165, 1.54) is 0 Å². The predicted octanol–water partition coefficient (Wildman–Crippen LogP) is 1.68. The predicted molar refractivity (Wildman–Crippen MR) is 62.8 cm³/mol. The molecule has 0 saturated carbocycles. The Labute approximate surface area is 99.9 Å². The molecule has 2 rings (SSSR count). The first-order valence-electron chi connectivity index (χ1n) is 5.61. The fourth-order valence-electron chi connectivity index (χ4n) is 2.29. The Morgan fingerprint density at radius 3 is 2.65 bits per heavy atom. The van der Waals surface area contributed by atoms with Gasteiger partial charge in [-0.2, -0.15) is 0 Å². The summed E-state index contributed by atoms with van der Waals surface area (Å²) in [7, 11) is 0. The van der Waals surface area contributed by atoms with Crippen molar-refractivity contribution in [3.05, 3.63) is 34.9 Å². The van der Waals surface area contributed by atoms with Crippen LogP contribution in [-0.4, -0.2) is 27.9 Å². The average molecular weight is 233 g/mol. The van der Waals surface area contributed by atoms with Crippen LogP contribution in [0.4, 0.5) is 0 Å². The average Bonchev–Trinajstić information content (AvgIpc) is 2.26. The molecule has 1 aliphatic heterocycles. The zero-order valence-electron chi connectivity index (χ0n) is 9.93. The van der Waals surface area contributed by atoms with Crippen LogP contribution in [-0.2, 0) is 17.8 Å². The van der Waals surface area contributed by atoms with Crippen LogP contribution in [0.1, 0.15) is 35.3 Å². The van der Waals surface area contributed by atoms with Crippen LogP contribution in [0.2, 0.25) is 0 Å². The van der Waals surface area contributed by atoms with Crippen LogP contribution in [0.25, 0.3) is 0 Å². The minimum absolute atomic E-state index is 0.0606. The number of hydrogen-bond acceptors (Lipinski definition) is 2. The lowest BCUT2D eigenvalue weighted by Crippen LogP contribution is -2.41. The molecule has 1 unspecified atom stereocenters. The molecule has 4 heteroatoms. The Balaban J connectivity index is 2.35. The van der Waals surface area contributed by atoms with Gasteiger partial charge >= 0.3 is 5.97 Å². The molecule has 0 aromatic heterocycles. The van der Waals surface area contributed by atoms with E-state index in [2.05, 4.69) is 0 Å². The lowest BCUT2D eigenvalue weighted by Gasteiger charge is -2.34. The quantitative estimate of drug-likeness (QED) is 0.802. The van der Waals surface area contributed by atoms with Gasteiger partial charge in [0.2, 0.25) is 5.91 Å². The van der Waals surface area contributed by atoms with Gasteiger partial charge in [-0.25, -0.2) is 4.79 Å². The summed E-state index contributed by atoms with van der Waals surface area (Å²) in [5.74, 6) is -0.847. The molecule has 1 N–H and O–H groups in total. The third-order valence-corrected chi connectivity index (χ3v) is 3.25. The number of carbonyl (C=O) groups excluding carboxylic acids is 1. The zero-order chi connectivity index (χ0) is 12.6. The molecule has 0 fully saturated rings. The molecule has 0 saturated heterocycles. The van der Waals surface area contributed by atoms with Gasteiger partial charge in [-0.15, -0.1) is 0 Å². The molecule has 90 valence electrons. The van der Waals surface area contributed by atoms with Crippen molar-refractivity contribution >= 4 is 11.9 Å². The number of amides is 1. The fraction of sp³-hybridized carbons (Fsp3) is 0.385. The smallest absolute Gasteiger partial charge is 0.335 e. The van der Waals surface area contributed by atoms with Gasteiger partial charge in [0.25, 0.3) is 0 Å². The number of carbonyl (C=O) groups is 2. The molecule has 1 aromatic rings. The molecule has 0 radical (unpaired) electrons. The summed E-state index contributed by atoms with van der Waals surface area (Å²) in [6, 6.07) is 5.24. The normalized spacial score (nSPS) is 18.7. The molecular weight excluding hydrogens is 218 g/mol. The van der Waals surface area contributed by atoms with E-state index in [9.17, 15) is 9.59 Å². The molecule has 4 nitrogen and oxygen atoms in total. The second-order valence-corrected chi connectivity index (χ2v) is 4.49. The number of benzene rings is 1. The van der Waals surface area contributed by atoms with Crippen LogP contribution in [0.5, 0.6) is 0 Å². The van der Waals surface area contributed by atoms with Crippen molar-refractivity contribution in [3.63, 3.8) is 0 Å². The molecule has 0 spiro atoms. The topological polar surface area (TPSA) is 57.6 Å². The van der Waals surface area contributed by atoms with Crippen molar-refractivity contribution in [1.29, 1.82) is 0 Å². The SMILES string of the molecule is CC(=O)N1Cc2ccc(C(=O)O)cc2CC1C. The maximum atomic E-state index is 11.4. The molecule has 17 heavy (non-hydrogen) atoms. The third kappa shape index (κ3) is 2.16. The van der Waals surface area contributed by atoms with E-state index in [1.54, 1.807) is 25.1 Å². The van der Waals surface area contributed by atoms with Gasteiger partial charge in [-0.1, -0.05) is 6.07 Å². The minimum Gasteiger partial charge on any atom is -0.478 e. The molecule has 1 aliphatic rings. The standard InChI is InChI=1S/C13H15NO3/c1-8-5-12-6-10(13(16)17)3-4-11(12)7-14(8)9(2)15/h3-4,6,8H,5,7H2,1-2H3,(H,16,17). The van der Waals surface area contributed by atoms with Gasteiger partial charge in [-0.05, 0) is 36.6 Å². The van der Waals surface area contributed by atoms with Crippen LogP contribution in [0.3, 0.4) is 0 Å². The maximum Gasteiger partial charge on any atom is 0.335 e. The Hall–Kier alpha value is -1.84. The first kappa shape index (κ1) is 11.6. The molecule has 1 aromatic carbocycles. The van der Waals surface area contributed by atoms with Crippen molar-refractivity contribution < 1.29 is 14.7 Å². The van der Waals surface area contributed by atoms with E-state index < -0.39 is 5.97 Å². The highest BCUT2D eigenvalue weighted by Crippen LogP contribution is 2.24. The molecular formula is C13H15NO3. The van der Waals surface area contributed by atoms with Gasteiger partial charge in [0, 0.05) is 19.5 Å². The zero-order valence-corrected chi connectivity index (χ0v) is 9.93. The van der Waals surface area contributed by atoms with Gasteiger partial charge in [0.15, 0.2) is 0 Å². The van der Waals surface area contributed by atoms with Gasteiger partial charge in [-0.3, -0.25) is 4.79 Å². The van der Waals surface area contributed by atoms with Gasteiger partial charge < -0.3 is 10.0 Å². The lowest BCUT2D eigenvalue weighted by atomic mass is 9.93. The first-order chi connectivity index (χ1) is 7.99. The van der Waals surface area contributed by atoms with E-state index in [0.29, 0.717) is 12.1 Å². The Kier molecular flexibility index (Phi) is 2.88. The van der Waals surface area contributed by atoms with Crippen LogP contribution >= 0.6 is 0 Å². The Morgan fingerprint density at radius 1 is 1.35 bits per heavy atom. The molecule has 0 bridgehead atoms. The van der Waals surface area contributed by atoms with E-state index in [4.69, 9.17) is 5.11 Å². The van der Waals surface area contributed by atoms with E-state index >= 15 is 0 Å². The summed E-state index contributed by atoms with van der Waals surface area (Å²) < 4.78 is 0. The molecule has 1 atom stereocenters. The summed E-state index contributed by atoms with van der Waals surface area (Å²) in [5.41, 5.74) is 2.39. The minimum atomic E-state index is -0.908. The summed E-state index contributed by atoms with van der Waals surface area (Å²) in [6.07, 6.45) is 0.718. The first-order valence-corrected chi connectivity index (χ1v) is 5.61. The highest BCUT2D eigenvalue weighted by molar-refractivity contribution is 5.88. The molecule has 0 aliphatic carbocycles. The van der Waals surface area contributed by atoms with E-state index in [-0.39, 0.29) is 11.9 Å². The van der Waals surface area contributed by atoms with E-state index in [1.807, 2.05) is 11.8 Å². The Bertz CT molecular complexity index is 482. The van der Waals surface area contributed by atoms with E-state index in [0.717, 1.165) is 17.5 Å². The van der Waals surface area contributed by atoms with Crippen LogP contribution < -0.4 is 0 Å². The maximum absolute atomic E-state index is 11.4. The number of fused-ring (bicyclic) bond motifs is 1. The van der Waals surface area contributed by atoms with Crippen molar-refractivity contribution in [2.75, 3.05) is 0 Å². The fourth-order valence-corrected chi connectivity index (χ4v) is 2.29. The van der Waals surface area contributed by atoms with Crippen molar-refractivity contribution in [2.24, 2.45) is 0 Å². The second-order valence-electron chi connectivity index (χ2n) is 4.49. The number of carboxylic acids is 1. The summed E-state index contributed by atoms with van der Waals surface area (Å²) in [6.45, 7) is 4.12. The number of nitrogens with zero attached hydrogens (tertiary/aromatic N) is 1. The van der Waals surface area contributed by atoms with Crippen molar-refractivity contribution in [3.8, 4) is 0 Å². The summed E-state index contributed by atoms with van der Waals surface area (Å²) in [4.78, 5) is 24.1. The van der Waals surface area contributed by atoms with Crippen molar-refractivity contribution in [2.45, 2.75) is 32.9 Å². The number of carboxylic acid groups (broad SMARTS) is 1. The summed E-state index contributed by atoms with van der Waals surface area (Å²) in [5, 5.41) is 8.93. The number of hydrogen-bond donors (Lipinski definition) is 1. The summed E-state index contributed by atoms with van der Waals surface area (Å²) >= 11 is 0. The van der Waals surface area contributed by atoms with Crippen molar-refractivity contribution in [1.82, 2.24) is 4.90 Å².